The van der Waals surface area contributed by atoms with E-state index in [0.29, 0.717) is 5.92 Å². The van der Waals surface area contributed by atoms with Crippen LogP contribution in [0.3, 0.4) is 0 Å². The summed E-state index contributed by atoms with van der Waals surface area (Å²) in [5.74, 6) is 0.855. The zero-order chi connectivity index (χ0) is 25.0. The Balaban J connectivity index is 1.38. The van der Waals surface area contributed by atoms with Gasteiger partial charge in [-0.1, -0.05) is 57.2 Å². The monoisotopic (exact) mass is 494 g/mol. The van der Waals surface area contributed by atoms with Gasteiger partial charge in [-0.15, -0.1) is 0 Å². The van der Waals surface area contributed by atoms with Crippen molar-refractivity contribution < 1.29 is 26.7 Å². The molecule has 4 atom stereocenters. The van der Waals surface area contributed by atoms with Crippen molar-refractivity contribution in [2.75, 3.05) is 6.61 Å². The summed E-state index contributed by atoms with van der Waals surface area (Å²) in [4.78, 5) is 0. The molecule has 0 saturated heterocycles. The molecule has 0 heterocycles. The zero-order valence-corrected chi connectivity index (χ0v) is 20.3. The number of fused-ring (bicyclic) bond motifs is 1. The number of halogens is 5. The highest BCUT2D eigenvalue weighted by Gasteiger charge is 2.36. The van der Waals surface area contributed by atoms with Crippen LogP contribution in [0.5, 0.6) is 5.75 Å². The molecule has 2 aromatic carbocycles. The van der Waals surface area contributed by atoms with E-state index in [-0.39, 0.29) is 11.1 Å². The van der Waals surface area contributed by atoms with Crippen LogP contribution in [0.2, 0.25) is 0 Å². The van der Waals surface area contributed by atoms with Gasteiger partial charge in [-0.2, -0.15) is 13.2 Å². The van der Waals surface area contributed by atoms with Gasteiger partial charge in [-0.05, 0) is 85.1 Å². The third-order valence-electron chi connectivity index (χ3n) is 8.04. The molecule has 0 spiro atoms. The SMILES string of the molecule is CCCCCC1CCC2CC(c3ccc(-c4ccc(OCC(F)(F)F)c(F)c4)c(F)c3)CCC2C1. The van der Waals surface area contributed by atoms with Crippen LogP contribution in [0.1, 0.15) is 82.6 Å². The summed E-state index contributed by atoms with van der Waals surface area (Å²) in [6, 6.07) is 8.66. The highest BCUT2D eigenvalue weighted by atomic mass is 19.4. The molecule has 0 aliphatic heterocycles. The van der Waals surface area contributed by atoms with Gasteiger partial charge < -0.3 is 4.74 Å². The van der Waals surface area contributed by atoms with Gasteiger partial charge in [-0.3, -0.25) is 0 Å². The highest BCUT2D eigenvalue weighted by Crippen LogP contribution is 2.48. The maximum absolute atomic E-state index is 15.1. The lowest BCUT2D eigenvalue weighted by Gasteiger charge is -2.42. The first kappa shape index (κ1) is 26.0. The second-order valence-corrected chi connectivity index (χ2v) is 10.5. The Hall–Kier alpha value is -2.11. The normalized spacial score (nSPS) is 24.7. The minimum absolute atomic E-state index is 0.233. The number of benzene rings is 2. The minimum atomic E-state index is -4.56. The van der Waals surface area contributed by atoms with Gasteiger partial charge in [0.05, 0.1) is 0 Å². The molecule has 0 radical (unpaired) electrons. The van der Waals surface area contributed by atoms with Gasteiger partial charge in [0.15, 0.2) is 18.2 Å². The van der Waals surface area contributed by atoms with E-state index >= 15 is 4.39 Å². The van der Waals surface area contributed by atoms with E-state index in [2.05, 4.69) is 11.7 Å². The Morgan fingerprint density at radius 3 is 2.34 bits per heavy atom. The van der Waals surface area contributed by atoms with Crippen molar-refractivity contribution >= 4 is 0 Å². The third-order valence-corrected chi connectivity index (χ3v) is 8.04. The van der Waals surface area contributed by atoms with Crippen LogP contribution >= 0.6 is 0 Å². The van der Waals surface area contributed by atoms with Crippen LogP contribution in [-0.4, -0.2) is 12.8 Å². The Labute approximate surface area is 205 Å². The fourth-order valence-corrected chi connectivity index (χ4v) is 6.20. The molecule has 2 aliphatic carbocycles. The van der Waals surface area contributed by atoms with Crippen molar-refractivity contribution in [2.24, 2.45) is 17.8 Å². The number of unbranched alkanes of at least 4 members (excludes halogenated alkanes) is 2. The smallest absolute Gasteiger partial charge is 0.422 e. The zero-order valence-electron chi connectivity index (χ0n) is 20.3. The summed E-state index contributed by atoms with van der Waals surface area (Å²) in [5, 5.41) is 0. The number of ether oxygens (including phenoxy) is 1. The second-order valence-electron chi connectivity index (χ2n) is 10.5. The third kappa shape index (κ3) is 6.77. The van der Waals surface area contributed by atoms with E-state index in [1.165, 1.54) is 57.4 Å². The average molecular weight is 495 g/mol. The molecule has 0 N–H and O–H groups in total. The molecule has 6 heteroatoms. The lowest BCUT2D eigenvalue weighted by atomic mass is 9.63. The highest BCUT2D eigenvalue weighted by molar-refractivity contribution is 5.65. The van der Waals surface area contributed by atoms with Crippen molar-refractivity contribution in [1.29, 1.82) is 0 Å². The van der Waals surface area contributed by atoms with Gasteiger partial charge in [0.25, 0.3) is 0 Å². The van der Waals surface area contributed by atoms with Crippen molar-refractivity contribution in [3.8, 4) is 16.9 Å². The van der Waals surface area contributed by atoms with E-state index in [4.69, 9.17) is 0 Å². The molecule has 2 aromatic rings. The van der Waals surface area contributed by atoms with Crippen LogP contribution in [0.25, 0.3) is 11.1 Å². The van der Waals surface area contributed by atoms with Crippen molar-refractivity contribution in [2.45, 2.75) is 83.2 Å². The first-order valence-corrected chi connectivity index (χ1v) is 13.0. The summed E-state index contributed by atoms with van der Waals surface area (Å²) in [6.07, 6.45) is 8.08. The number of hydrogen-bond acceptors (Lipinski definition) is 1. The van der Waals surface area contributed by atoms with E-state index in [1.807, 2.05) is 6.07 Å². The van der Waals surface area contributed by atoms with Gasteiger partial charge in [0, 0.05) is 5.56 Å². The molecule has 4 unspecified atom stereocenters. The summed E-state index contributed by atoms with van der Waals surface area (Å²) < 4.78 is 70.8. The largest absolute Gasteiger partial charge is 0.481 e. The molecular formula is C29H35F5O. The number of hydrogen-bond donors (Lipinski definition) is 0. The van der Waals surface area contributed by atoms with E-state index < -0.39 is 30.2 Å². The van der Waals surface area contributed by atoms with Crippen molar-refractivity contribution in [3.05, 3.63) is 53.6 Å². The molecular weight excluding hydrogens is 459 g/mol. The Kier molecular flexibility index (Phi) is 8.38. The number of alkyl halides is 3. The molecule has 0 bridgehead atoms. The van der Waals surface area contributed by atoms with Crippen LogP contribution in [0.15, 0.2) is 36.4 Å². The van der Waals surface area contributed by atoms with Crippen molar-refractivity contribution in [1.82, 2.24) is 0 Å². The van der Waals surface area contributed by atoms with E-state index in [9.17, 15) is 17.6 Å². The van der Waals surface area contributed by atoms with Crippen molar-refractivity contribution in [3.63, 3.8) is 0 Å². The summed E-state index contributed by atoms with van der Waals surface area (Å²) >= 11 is 0. The predicted molar refractivity (Wildman–Crippen MR) is 128 cm³/mol. The molecule has 2 aliphatic rings. The quantitative estimate of drug-likeness (QED) is 0.262. The Morgan fingerprint density at radius 2 is 1.63 bits per heavy atom. The van der Waals surface area contributed by atoms with Crippen LogP contribution < -0.4 is 4.74 Å². The molecule has 4 rings (SSSR count). The predicted octanol–water partition coefficient (Wildman–Crippen LogP) is 9.45. The second kappa shape index (κ2) is 11.3. The topological polar surface area (TPSA) is 9.23 Å². The molecule has 2 fully saturated rings. The fraction of sp³-hybridized carbons (Fsp3) is 0.586. The minimum Gasteiger partial charge on any atom is -0.481 e. The van der Waals surface area contributed by atoms with Crippen LogP contribution in [0.4, 0.5) is 22.0 Å². The average Bonchev–Trinajstić information content (AvgIpc) is 2.82. The molecule has 0 amide bonds. The maximum atomic E-state index is 15.1. The Bertz CT molecular complexity index is 986. The van der Waals surface area contributed by atoms with Gasteiger partial charge in [0.2, 0.25) is 0 Å². The van der Waals surface area contributed by atoms with Gasteiger partial charge >= 0.3 is 6.18 Å². The fourth-order valence-electron chi connectivity index (χ4n) is 6.20. The molecule has 192 valence electrons. The van der Waals surface area contributed by atoms with E-state index in [0.717, 1.165) is 48.3 Å². The lowest BCUT2D eigenvalue weighted by Crippen LogP contribution is -2.30. The summed E-state index contributed by atoms with van der Waals surface area (Å²) in [7, 11) is 0. The Morgan fingerprint density at radius 1 is 0.857 bits per heavy atom. The molecule has 0 aromatic heterocycles. The van der Waals surface area contributed by atoms with Crippen LogP contribution in [0, 0.1) is 29.4 Å². The first-order valence-electron chi connectivity index (χ1n) is 13.0. The summed E-state index contributed by atoms with van der Waals surface area (Å²) in [5.41, 5.74) is 1.49. The molecule has 2 saturated carbocycles. The van der Waals surface area contributed by atoms with Gasteiger partial charge in [-0.25, -0.2) is 8.78 Å². The van der Waals surface area contributed by atoms with Crippen LogP contribution in [-0.2, 0) is 0 Å². The first-order chi connectivity index (χ1) is 16.7. The molecule has 1 nitrogen and oxygen atoms in total. The van der Waals surface area contributed by atoms with E-state index in [1.54, 1.807) is 12.1 Å². The molecule has 35 heavy (non-hydrogen) atoms. The standard InChI is InChI=1S/C29H35F5O/c1-2-3-4-5-19-6-7-21-15-22(9-8-20(21)14-19)23-10-12-25(26(30)16-23)24-11-13-28(27(31)17-24)35-18-29(32,33)34/h10-13,16-17,19-22H,2-9,14-15,18H2,1H3. The van der Waals surface area contributed by atoms with Gasteiger partial charge in [0.1, 0.15) is 5.82 Å². The lowest BCUT2D eigenvalue weighted by molar-refractivity contribution is -0.153. The maximum Gasteiger partial charge on any atom is 0.422 e. The number of rotatable bonds is 8. The summed E-state index contributed by atoms with van der Waals surface area (Å²) in [6.45, 7) is 0.675.